The molecule has 0 fully saturated rings. The Morgan fingerprint density at radius 3 is 2.21 bits per heavy atom. The fourth-order valence-corrected chi connectivity index (χ4v) is 4.34. The average Bonchev–Trinajstić information content (AvgIpc) is 2.88. The Morgan fingerprint density at radius 2 is 1.61 bits per heavy atom. The molecule has 0 aliphatic carbocycles. The van der Waals surface area contributed by atoms with E-state index in [1.165, 1.54) is 14.2 Å². The van der Waals surface area contributed by atoms with Gasteiger partial charge in [0.15, 0.2) is 31.8 Å². The van der Waals surface area contributed by atoms with Gasteiger partial charge in [0.2, 0.25) is 0 Å². The van der Waals surface area contributed by atoms with E-state index in [9.17, 15) is 19.2 Å². The molecule has 3 heterocycles. The summed E-state index contributed by atoms with van der Waals surface area (Å²) < 4.78 is 13.9. The van der Waals surface area contributed by atoms with E-state index in [0.29, 0.717) is 4.67 Å². The van der Waals surface area contributed by atoms with Crippen LogP contribution in [0, 0.1) is 0 Å². The zero-order valence-corrected chi connectivity index (χ0v) is 23.9. The Morgan fingerprint density at radius 1 is 0.974 bits per heavy atom. The van der Waals surface area contributed by atoms with E-state index in [1.807, 2.05) is 0 Å². The van der Waals surface area contributed by atoms with Gasteiger partial charge in [-0.25, -0.2) is 29.3 Å². The number of carbonyl (C=O) groups excluding carboxylic acids is 3. The van der Waals surface area contributed by atoms with E-state index in [-0.39, 0.29) is 46.7 Å². The van der Waals surface area contributed by atoms with E-state index < -0.39 is 23.5 Å². The number of nitrogens with zero attached hydrogens (tertiary/aromatic N) is 4. The molecule has 0 atom stereocenters. The van der Waals surface area contributed by atoms with Crippen LogP contribution in [0.2, 0.25) is 10.3 Å². The number of fused-ring (bicyclic) bond motifs is 1. The lowest BCUT2D eigenvalue weighted by Gasteiger charge is -2.08. The van der Waals surface area contributed by atoms with Crippen LogP contribution in [0.15, 0.2) is 36.1 Å². The highest BCUT2D eigenvalue weighted by Crippen LogP contribution is 2.32. The number of thioether (sulfide) groups is 1. The van der Waals surface area contributed by atoms with Crippen LogP contribution < -0.4 is 25.8 Å². The third-order valence-corrected chi connectivity index (χ3v) is 7.00. The third kappa shape index (κ3) is 8.54. The number of nitrogens with one attached hydrogen (secondary N) is 1. The lowest BCUT2D eigenvalue weighted by molar-refractivity contribution is -0.137. The van der Waals surface area contributed by atoms with E-state index >= 15 is 0 Å². The first-order valence-electron chi connectivity index (χ1n) is 9.46. The number of nitrogen functional groups attached to an aromatic ring is 1. The molecule has 0 bridgehead atoms. The lowest BCUT2D eigenvalue weighted by Crippen LogP contribution is -2.32. The molecule has 38 heavy (non-hydrogen) atoms. The molecule has 202 valence electrons. The molecule has 0 saturated heterocycles. The first kappa shape index (κ1) is 31.3. The van der Waals surface area contributed by atoms with Gasteiger partial charge < -0.3 is 25.3 Å². The first-order valence-corrected chi connectivity index (χ1v) is 12.6. The molecule has 1 aliphatic rings. The number of rotatable bonds is 5. The number of anilines is 2. The normalized spacial score (nSPS) is 12.8. The van der Waals surface area contributed by atoms with Crippen LogP contribution in [0.3, 0.4) is 0 Å². The highest BCUT2D eigenvalue weighted by atomic mass is 35.5. The van der Waals surface area contributed by atoms with E-state index in [1.54, 1.807) is 0 Å². The molecule has 3 rings (SSSR count). The predicted molar refractivity (Wildman–Crippen MR) is 142 cm³/mol. The number of nitrogens with two attached hydrogens (primary N) is 1. The van der Waals surface area contributed by atoms with E-state index in [4.69, 9.17) is 52.1 Å². The Kier molecular flexibility index (Phi) is 11.7. The van der Waals surface area contributed by atoms with Gasteiger partial charge in [-0.05, 0) is 0 Å². The highest BCUT2D eigenvalue weighted by molar-refractivity contribution is 8.04. The van der Waals surface area contributed by atoms with Crippen molar-refractivity contribution in [2.45, 2.75) is 5.03 Å². The zero-order valence-electron chi connectivity index (χ0n) is 19.2. The van der Waals surface area contributed by atoms with E-state index in [0.717, 1.165) is 42.4 Å². The number of esters is 3. The van der Waals surface area contributed by atoms with Crippen molar-refractivity contribution in [1.82, 2.24) is 15.0 Å². The lowest BCUT2D eigenvalue weighted by atomic mass is 10.5. The Balaban J connectivity index is 0.000000268. The summed E-state index contributed by atoms with van der Waals surface area (Å²) in [6.07, 6.45) is 1.99. The minimum absolute atomic E-state index is 0.0379. The van der Waals surface area contributed by atoms with Crippen molar-refractivity contribution in [2.75, 3.05) is 32.4 Å². The topological polar surface area (TPSA) is 185 Å². The van der Waals surface area contributed by atoms with Gasteiger partial charge in [-0.15, -0.1) is 11.3 Å². The van der Waals surface area contributed by atoms with Gasteiger partial charge in [-0.3, -0.25) is 4.79 Å². The minimum Gasteiger partial charge on any atom is -0.466 e. The third-order valence-electron chi connectivity index (χ3n) is 3.74. The smallest absolute Gasteiger partial charge is 0.345 e. The maximum absolute atomic E-state index is 11.6. The molecular formula is C19H14Cl4N6O7S2. The summed E-state index contributed by atoms with van der Waals surface area (Å²) in [7, 11) is 3.55. The van der Waals surface area contributed by atoms with Crippen LogP contribution in [0.5, 0.6) is 0 Å². The fraction of sp³-hybridized carbons (Fsp3) is 0.158. The van der Waals surface area contributed by atoms with Crippen LogP contribution in [0.1, 0.15) is 0 Å². The first-order chi connectivity index (χ1) is 17.9. The number of halogens is 4. The van der Waals surface area contributed by atoms with Crippen LogP contribution in [-0.2, 0) is 28.6 Å². The second-order valence-electron chi connectivity index (χ2n) is 6.17. The monoisotopic (exact) mass is 642 g/mol. The summed E-state index contributed by atoms with van der Waals surface area (Å²) in [5.74, 6) is -1.96. The molecule has 19 heteroatoms. The van der Waals surface area contributed by atoms with Crippen molar-refractivity contribution in [3.63, 3.8) is 0 Å². The minimum atomic E-state index is -0.757. The quantitative estimate of drug-likeness (QED) is 0.158. The van der Waals surface area contributed by atoms with Crippen LogP contribution >= 0.6 is 69.5 Å². The Bertz CT molecular complexity index is 1530. The fourth-order valence-electron chi connectivity index (χ4n) is 2.08. The largest absolute Gasteiger partial charge is 0.466 e. The number of carbonyl (C=O) groups is 3. The summed E-state index contributed by atoms with van der Waals surface area (Å²) in [5, 5.41) is 2.75. The summed E-state index contributed by atoms with van der Waals surface area (Å²) >= 11 is 24.5. The van der Waals surface area contributed by atoms with Crippen molar-refractivity contribution in [2.24, 2.45) is 4.99 Å². The van der Waals surface area contributed by atoms with Gasteiger partial charge in [0.1, 0.15) is 19.6 Å². The highest BCUT2D eigenvalue weighted by Gasteiger charge is 2.19. The van der Waals surface area contributed by atoms with Gasteiger partial charge in [0, 0.05) is 12.2 Å². The molecule has 1 aliphatic heterocycles. The van der Waals surface area contributed by atoms with Crippen LogP contribution in [0.4, 0.5) is 11.6 Å². The predicted octanol–water partition coefficient (Wildman–Crippen LogP) is 1.79. The summed E-state index contributed by atoms with van der Waals surface area (Å²) in [6.45, 7) is 0. The van der Waals surface area contributed by atoms with Crippen LogP contribution in [-0.4, -0.2) is 54.2 Å². The van der Waals surface area contributed by atoms with Crippen LogP contribution in [0.25, 0.3) is 6.08 Å². The second-order valence-corrected chi connectivity index (χ2v) is 9.68. The maximum atomic E-state index is 11.6. The average molecular weight is 644 g/mol. The summed E-state index contributed by atoms with van der Waals surface area (Å²) in [4.78, 5) is 60.7. The molecule has 0 radical (unpaired) electrons. The summed E-state index contributed by atoms with van der Waals surface area (Å²) in [5.41, 5.74) is 5.04. The molecule has 0 unspecified atom stereocenters. The number of aromatic nitrogens is 3. The van der Waals surface area contributed by atoms with Gasteiger partial charge >= 0.3 is 17.9 Å². The second kappa shape index (κ2) is 14.3. The van der Waals surface area contributed by atoms with Crippen molar-refractivity contribution in [3.05, 3.63) is 51.2 Å². The number of hydrogen-bond donors (Lipinski definition) is 2. The SMILES string of the molecule is COC(=O)/C=C(/Sc1nc(Cl)c(Cl)nc1N)C(=O)OC.COC(=O)/C=c1/sc2c(nc1=O)NC(Cl)=C(Cl)N=2. The number of ether oxygens (including phenoxy) is 3. The standard InChI is InChI=1S/C10H9Cl2N3O4S.C9H5Cl2N3O3S/c1-18-5(16)3-4(10(17)19-2)20-9-8(13)14-6(11)7(12)15-9;1-17-4(15)2-3-8(16)14-7-9(18-3)13-6(11)5(10)12-7/h3H,1-2H3,(H2,13,14);2H,1H3,(H,12,14,16)/b4-3+;3-2+. The van der Waals surface area contributed by atoms with E-state index in [2.05, 4.69) is 39.5 Å². The van der Waals surface area contributed by atoms with Crippen molar-refractivity contribution in [3.8, 4) is 0 Å². The Labute approximate surface area is 241 Å². The Hall–Kier alpha value is -2.95. The maximum Gasteiger partial charge on any atom is 0.345 e. The van der Waals surface area contributed by atoms with Gasteiger partial charge in [-0.2, -0.15) is 4.98 Å². The van der Waals surface area contributed by atoms with Gasteiger partial charge in [0.25, 0.3) is 5.56 Å². The molecule has 0 aromatic carbocycles. The zero-order chi connectivity index (χ0) is 28.6. The molecule has 0 amide bonds. The van der Waals surface area contributed by atoms with Crippen molar-refractivity contribution < 1.29 is 28.6 Å². The van der Waals surface area contributed by atoms with Gasteiger partial charge in [-0.1, -0.05) is 58.2 Å². The molecule has 0 spiro atoms. The van der Waals surface area contributed by atoms with Gasteiger partial charge in [0.05, 0.1) is 21.3 Å². The summed E-state index contributed by atoms with van der Waals surface area (Å²) in [6, 6.07) is 0. The van der Waals surface area contributed by atoms with Crippen molar-refractivity contribution >= 4 is 105 Å². The molecule has 13 nitrogen and oxygen atoms in total. The molecule has 2 aromatic rings. The molecule has 2 aromatic heterocycles. The molecular weight excluding hydrogens is 630 g/mol. The molecule has 3 N–H and O–H groups in total. The number of hydrogen-bond acceptors (Lipinski definition) is 15. The molecule has 0 saturated carbocycles. The number of methoxy groups -OCH3 is 3. The van der Waals surface area contributed by atoms with Crippen molar-refractivity contribution in [1.29, 1.82) is 0 Å².